The SMILES string of the molecule is CS(=O)(=O)c1ccc(-c2ccc(N3CC(CN=C(N)NC#N)OC3=O)cc2F)cn1. The van der Waals surface area contributed by atoms with Gasteiger partial charge in [-0.25, -0.2) is 27.6 Å². The van der Waals surface area contributed by atoms with Gasteiger partial charge in [0.25, 0.3) is 0 Å². The summed E-state index contributed by atoms with van der Waals surface area (Å²) in [5.41, 5.74) is 6.33. The minimum Gasteiger partial charge on any atom is -0.442 e. The van der Waals surface area contributed by atoms with E-state index in [1.54, 1.807) is 12.3 Å². The number of hydrogen-bond donors (Lipinski definition) is 2. The fourth-order valence-corrected chi connectivity index (χ4v) is 3.35. The Morgan fingerprint density at radius 1 is 1.47 bits per heavy atom. The van der Waals surface area contributed by atoms with Crippen molar-refractivity contribution in [1.82, 2.24) is 10.3 Å². The third kappa shape index (κ3) is 4.64. The van der Waals surface area contributed by atoms with Gasteiger partial charge in [0, 0.05) is 23.6 Å². The van der Waals surface area contributed by atoms with E-state index in [-0.39, 0.29) is 35.3 Å². The Morgan fingerprint density at radius 2 is 2.23 bits per heavy atom. The molecule has 0 saturated carbocycles. The summed E-state index contributed by atoms with van der Waals surface area (Å²) in [6.07, 6.45) is 2.66. The maximum absolute atomic E-state index is 14.7. The second-order valence-corrected chi connectivity index (χ2v) is 8.36. The normalized spacial score (nSPS) is 16.8. The van der Waals surface area contributed by atoms with E-state index in [0.29, 0.717) is 5.56 Å². The molecule has 1 saturated heterocycles. The number of rotatable bonds is 5. The van der Waals surface area contributed by atoms with Crippen LogP contribution in [-0.4, -0.2) is 50.9 Å². The molecular formula is C18H17FN6O4S. The number of cyclic esters (lactones) is 1. The molecule has 0 aliphatic carbocycles. The molecule has 12 heteroatoms. The highest BCUT2D eigenvalue weighted by molar-refractivity contribution is 7.90. The summed E-state index contributed by atoms with van der Waals surface area (Å²) in [7, 11) is -3.45. The van der Waals surface area contributed by atoms with Crippen LogP contribution in [0.3, 0.4) is 0 Å². The molecule has 156 valence electrons. The van der Waals surface area contributed by atoms with Crippen LogP contribution in [0.4, 0.5) is 14.9 Å². The molecule has 1 aliphatic rings. The van der Waals surface area contributed by atoms with Crippen molar-refractivity contribution in [2.75, 3.05) is 24.2 Å². The number of nitrogens with two attached hydrogens (primary N) is 1. The van der Waals surface area contributed by atoms with Crippen molar-refractivity contribution in [3.05, 3.63) is 42.3 Å². The quantitative estimate of drug-likeness (QED) is 0.307. The monoisotopic (exact) mass is 432 g/mol. The fourth-order valence-electron chi connectivity index (χ4n) is 2.79. The first-order valence-electron chi connectivity index (χ1n) is 8.58. The number of aliphatic imine (C=N–C) groups is 1. The number of guanidine groups is 1. The first kappa shape index (κ1) is 21.0. The van der Waals surface area contributed by atoms with Crippen molar-refractivity contribution < 1.29 is 22.3 Å². The van der Waals surface area contributed by atoms with Crippen LogP contribution in [0.25, 0.3) is 11.1 Å². The van der Waals surface area contributed by atoms with Gasteiger partial charge in [0.2, 0.25) is 5.96 Å². The van der Waals surface area contributed by atoms with Gasteiger partial charge in [-0.05, 0) is 30.3 Å². The number of nitriles is 1. The predicted octanol–water partition coefficient (Wildman–Crippen LogP) is 1.00. The van der Waals surface area contributed by atoms with Crippen molar-refractivity contribution in [2.45, 2.75) is 11.1 Å². The first-order chi connectivity index (χ1) is 14.2. The Hall–Kier alpha value is -3.72. The molecule has 3 rings (SSSR count). The third-order valence-corrected chi connectivity index (χ3v) is 5.22. The standard InChI is InChI=1S/C18H17FN6O4S/c1-30(27,28)16-5-2-11(7-22-16)14-4-3-12(6-15(14)19)25-9-13(29-18(25)26)8-23-17(21)24-10-20/h2-7,13H,8-9H2,1H3,(H3,21,23,24). The number of sulfone groups is 1. The van der Waals surface area contributed by atoms with Gasteiger partial charge in [0.05, 0.1) is 18.8 Å². The fraction of sp³-hybridized carbons (Fsp3) is 0.222. The third-order valence-electron chi connectivity index (χ3n) is 4.21. The van der Waals surface area contributed by atoms with Gasteiger partial charge in [-0.15, -0.1) is 0 Å². The molecule has 30 heavy (non-hydrogen) atoms. The summed E-state index contributed by atoms with van der Waals surface area (Å²) < 4.78 is 42.9. The minimum absolute atomic E-state index is 0.0433. The zero-order valence-corrected chi connectivity index (χ0v) is 16.6. The Bertz CT molecular complexity index is 1140. The average Bonchev–Trinajstić information content (AvgIpc) is 3.07. The average molecular weight is 432 g/mol. The molecule has 1 atom stereocenters. The van der Waals surface area contributed by atoms with Gasteiger partial charge in [0.1, 0.15) is 11.9 Å². The van der Waals surface area contributed by atoms with Crippen LogP contribution in [0.2, 0.25) is 0 Å². The maximum Gasteiger partial charge on any atom is 0.414 e. The lowest BCUT2D eigenvalue weighted by atomic mass is 10.1. The van der Waals surface area contributed by atoms with Crippen molar-refractivity contribution in [3.63, 3.8) is 0 Å². The number of aromatic nitrogens is 1. The zero-order valence-electron chi connectivity index (χ0n) is 15.7. The Labute approximate surface area is 171 Å². The van der Waals surface area contributed by atoms with Crippen molar-refractivity contribution in [3.8, 4) is 17.3 Å². The second kappa shape index (κ2) is 8.34. The lowest BCUT2D eigenvalue weighted by molar-refractivity contribution is 0.145. The lowest BCUT2D eigenvalue weighted by Crippen LogP contribution is -2.30. The number of anilines is 1. The van der Waals surface area contributed by atoms with E-state index in [0.717, 1.165) is 6.26 Å². The van der Waals surface area contributed by atoms with Crippen LogP contribution in [0, 0.1) is 17.3 Å². The molecular weight excluding hydrogens is 415 g/mol. The molecule has 1 unspecified atom stereocenters. The summed E-state index contributed by atoms with van der Waals surface area (Å²) >= 11 is 0. The van der Waals surface area contributed by atoms with Gasteiger partial charge in [-0.1, -0.05) is 0 Å². The molecule has 0 spiro atoms. The van der Waals surface area contributed by atoms with Gasteiger partial charge in [-0.2, -0.15) is 5.26 Å². The highest BCUT2D eigenvalue weighted by Crippen LogP contribution is 2.29. The predicted molar refractivity (Wildman–Crippen MR) is 106 cm³/mol. The van der Waals surface area contributed by atoms with E-state index < -0.39 is 27.9 Å². The largest absolute Gasteiger partial charge is 0.442 e. The van der Waals surface area contributed by atoms with Crippen molar-refractivity contribution >= 4 is 27.6 Å². The summed E-state index contributed by atoms with van der Waals surface area (Å²) in [6.45, 7) is 0.174. The van der Waals surface area contributed by atoms with Crippen LogP contribution < -0.4 is 16.0 Å². The maximum atomic E-state index is 14.7. The highest BCUT2D eigenvalue weighted by atomic mass is 32.2. The van der Waals surface area contributed by atoms with Crippen molar-refractivity contribution in [2.24, 2.45) is 10.7 Å². The van der Waals surface area contributed by atoms with E-state index >= 15 is 0 Å². The molecule has 1 aromatic heterocycles. The minimum atomic E-state index is -3.45. The summed E-state index contributed by atoms with van der Waals surface area (Å²) in [5.74, 6) is -0.712. The van der Waals surface area contributed by atoms with Crippen LogP contribution >= 0.6 is 0 Å². The number of nitrogens with one attached hydrogen (secondary N) is 1. The number of pyridine rings is 1. The summed E-state index contributed by atoms with van der Waals surface area (Å²) in [6, 6.07) is 6.95. The molecule has 0 bridgehead atoms. The number of hydrogen-bond acceptors (Lipinski definition) is 7. The molecule has 2 aromatic rings. The molecule has 1 amide bonds. The molecule has 3 N–H and O–H groups in total. The van der Waals surface area contributed by atoms with Gasteiger partial charge in [0.15, 0.2) is 21.1 Å². The molecule has 10 nitrogen and oxygen atoms in total. The number of nitrogens with zero attached hydrogens (tertiary/aromatic N) is 4. The topological polar surface area (TPSA) is 151 Å². The van der Waals surface area contributed by atoms with Gasteiger partial charge in [-0.3, -0.25) is 10.2 Å². The van der Waals surface area contributed by atoms with Crippen molar-refractivity contribution in [1.29, 1.82) is 5.26 Å². The van der Waals surface area contributed by atoms with E-state index in [9.17, 15) is 17.6 Å². The summed E-state index contributed by atoms with van der Waals surface area (Å²) in [4.78, 5) is 21.1. The van der Waals surface area contributed by atoms with Crippen LogP contribution in [0.15, 0.2) is 46.5 Å². The summed E-state index contributed by atoms with van der Waals surface area (Å²) in [5, 5.41) is 10.5. The number of halogens is 1. The number of amides is 1. The molecule has 2 heterocycles. The van der Waals surface area contributed by atoms with Crippen LogP contribution in [0.5, 0.6) is 0 Å². The zero-order chi connectivity index (χ0) is 21.9. The van der Waals surface area contributed by atoms with Gasteiger partial charge < -0.3 is 10.5 Å². The van der Waals surface area contributed by atoms with E-state index in [1.807, 2.05) is 0 Å². The molecule has 0 radical (unpaired) electrons. The Balaban J connectivity index is 1.76. The van der Waals surface area contributed by atoms with E-state index in [2.05, 4.69) is 15.3 Å². The van der Waals surface area contributed by atoms with Crippen LogP contribution in [0.1, 0.15) is 0 Å². The Kier molecular flexibility index (Phi) is 5.84. The lowest BCUT2D eigenvalue weighted by Gasteiger charge is -2.14. The van der Waals surface area contributed by atoms with Crippen LogP contribution in [-0.2, 0) is 14.6 Å². The Morgan fingerprint density at radius 3 is 2.83 bits per heavy atom. The second-order valence-electron chi connectivity index (χ2n) is 6.40. The molecule has 1 aliphatic heterocycles. The first-order valence-corrected chi connectivity index (χ1v) is 10.5. The van der Waals surface area contributed by atoms with E-state index in [4.69, 9.17) is 15.7 Å². The number of carbonyl (C=O) groups is 1. The smallest absolute Gasteiger partial charge is 0.414 e. The highest BCUT2D eigenvalue weighted by Gasteiger charge is 2.32. The van der Waals surface area contributed by atoms with E-state index in [1.165, 1.54) is 35.4 Å². The number of benzene rings is 1. The number of ether oxygens (including phenoxy) is 1. The molecule has 1 aromatic carbocycles. The van der Waals surface area contributed by atoms with Gasteiger partial charge >= 0.3 is 6.09 Å². The number of carbonyl (C=O) groups excluding carboxylic acids is 1. The molecule has 1 fully saturated rings.